The summed E-state index contributed by atoms with van der Waals surface area (Å²) in [4.78, 5) is 25.4. The molecule has 0 radical (unpaired) electrons. The van der Waals surface area contributed by atoms with Gasteiger partial charge in [-0.3, -0.25) is 0 Å². The van der Waals surface area contributed by atoms with Crippen molar-refractivity contribution in [2.75, 3.05) is 13.7 Å². The third-order valence-electron chi connectivity index (χ3n) is 4.36. The molecule has 0 saturated carbocycles. The van der Waals surface area contributed by atoms with Crippen LogP contribution in [-0.4, -0.2) is 25.7 Å². The van der Waals surface area contributed by atoms with Crippen LogP contribution in [-0.2, 0) is 24.5 Å². The zero-order valence-corrected chi connectivity index (χ0v) is 15.3. The molecule has 2 rings (SSSR count). The Morgan fingerprint density at radius 3 is 2.15 bits per heavy atom. The number of nitriles is 1. The van der Waals surface area contributed by atoms with Gasteiger partial charge in [-0.1, -0.05) is 67.2 Å². The summed E-state index contributed by atoms with van der Waals surface area (Å²) in [7, 11) is 1.23. The van der Waals surface area contributed by atoms with Crippen LogP contribution in [0.15, 0.2) is 72.8 Å². The molecule has 0 fully saturated rings. The molecule has 0 bridgehead atoms. The second-order valence-corrected chi connectivity index (χ2v) is 5.87. The molecule has 0 aliphatic carbocycles. The second kappa shape index (κ2) is 8.81. The van der Waals surface area contributed by atoms with Crippen LogP contribution in [0, 0.1) is 11.3 Å². The van der Waals surface area contributed by atoms with E-state index in [4.69, 9.17) is 9.47 Å². The lowest BCUT2D eigenvalue weighted by atomic mass is 9.65. The van der Waals surface area contributed by atoms with Crippen LogP contribution in [0.1, 0.15) is 24.0 Å². The van der Waals surface area contributed by atoms with Crippen LogP contribution >= 0.6 is 0 Å². The number of hydrogen-bond donors (Lipinski definition) is 0. The van der Waals surface area contributed by atoms with Gasteiger partial charge < -0.3 is 9.47 Å². The third kappa shape index (κ3) is 3.75. The Hall–Kier alpha value is -3.39. The molecule has 2 atom stereocenters. The smallest absolute Gasteiger partial charge is 0.333 e. The third-order valence-corrected chi connectivity index (χ3v) is 4.36. The lowest BCUT2D eigenvalue weighted by molar-refractivity contribution is -0.148. The summed E-state index contributed by atoms with van der Waals surface area (Å²) in [6.45, 7) is 5.61. The Balaban J connectivity index is 2.82. The fourth-order valence-electron chi connectivity index (χ4n) is 3.13. The first-order chi connectivity index (χ1) is 13.0. The maximum absolute atomic E-state index is 13.1. The second-order valence-electron chi connectivity index (χ2n) is 5.87. The number of ether oxygens (including phenoxy) is 2. The van der Waals surface area contributed by atoms with E-state index in [0.717, 1.165) is 0 Å². The molecule has 5 nitrogen and oxygen atoms in total. The molecule has 5 heteroatoms. The van der Waals surface area contributed by atoms with Crippen molar-refractivity contribution < 1.29 is 19.1 Å². The average Bonchev–Trinajstić information content (AvgIpc) is 2.72. The summed E-state index contributed by atoms with van der Waals surface area (Å²) in [5, 5.41) is 10.2. The van der Waals surface area contributed by atoms with Crippen molar-refractivity contribution in [3.05, 3.63) is 83.9 Å². The van der Waals surface area contributed by atoms with Crippen molar-refractivity contribution in [3.63, 3.8) is 0 Å². The first-order valence-corrected chi connectivity index (χ1v) is 8.49. The van der Waals surface area contributed by atoms with E-state index >= 15 is 0 Å². The lowest BCUT2D eigenvalue weighted by Gasteiger charge is -2.34. The molecule has 0 aliphatic heterocycles. The summed E-state index contributed by atoms with van der Waals surface area (Å²) >= 11 is 0. The van der Waals surface area contributed by atoms with E-state index in [1.807, 2.05) is 6.07 Å². The van der Waals surface area contributed by atoms with E-state index < -0.39 is 23.3 Å². The molecule has 2 aromatic carbocycles. The highest BCUT2D eigenvalue weighted by atomic mass is 16.5. The Labute approximate surface area is 158 Å². The number of carbonyl (C=O) groups excluding carboxylic acids is 2. The monoisotopic (exact) mass is 363 g/mol. The summed E-state index contributed by atoms with van der Waals surface area (Å²) in [5.74, 6) is -2.40. The minimum atomic E-state index is -1.79. The summed E-state index contributed by atoms with van der Waals surface area (Å²) < 4.78 is 10.1. The Kier molecular flexibility index (Phi) is 6.51. The molecule has 2 aromatic rings. The number of nitrogens with zero attached hydrogens (tertiary/aromatic N) is 1. The van der Waals surface area contributed by atoms with Crippen LogP contribution in [0.25, 0.3) is 0 Å². The van der Waals surface area contributed by atoms with Crippen molar-refractivity contribution in [2.45, 2.75) is 18.3 Å². The Bertz CT molecular complexity index is 855. The van der Waals surface area contributed by atoms with Gasteiger partial charge in [0.05, 0.1) is 19.8 Å². The fourth-order valence-corrected chi connectivity index (χ4v) is 3.13. The summed E-state index contributed by atoms with van der Waals surface area (Å²) in [5.41, 5.74) is -0.775. The van der Waals surface area contributed by atoms with Gasteiger partial charge in [0.15, 0.2) is 5.41 Å². The van der Waals surface area contributed by atoms with E-state index in [0.29, 0.717) is 11.1 Å². The first kappa shape index (κ1) is 19.9. The number of rotatable bonds is 7. The Morgan fingerprint density at radius 1 is 1.11 bits per heavy atom. The highest BCUT2D eigenvalue weighted by Gasteiger charge is 2.52. The molecular weight excluding hydrogens is 342 g/mol. The van der Waals surface area contributed by atoms with Gasteiger partial charge >= 0.3 is 11.9 Å². The van der Waals surface area contributed by atoms with Crippen LogP contribution < -0.4 is 0 Å². The van der Waals surface area contributed by atoms with Gasteiger partial charge in [-0.15, -0.1) is 0 Å². The predicted octanol–water partition coefficient (Wildman–Crippen LogP) is 3.52. The molecule has 138 valence electrons. The number of benzene rings is 2. The van der Waals surface area contributed by atoms with E-state index in [9.17, 15) is 14.9 Å². The van der Waals surface area contributed by atoms with Gasteiger partial charge in [-0.2, -0.15) is 5.26 Å². The van der Waals surface area contributed by atoms with Gasteiger partial charge in [0, 0.05) is 11.5 Å². The largest absolute Gasteiger partial charge is 0.466 e. The Morgan fingerprint density at radius 2 is 1.67 bits per heavy atom. The molecule has 27 heavy (non-hydrogen) atoms. The molecule has 0 saturated heterocycles. The SMILES string of the molecule is C=C(C(=O)OC)C(c1ccccc1)C(C#N)(C(=O)OCC)c1ccccc1. The van der Waals surface area contributed by atoms with Crippen LogP contribution in [0.5, 0.6) is 0 Å². The van der Waals surface area contributed by atoms with Crippen molar-refractivity contribution in [1.29, 1.82) is 5.26 Å². The van der Waals surface area contributed by atoms with E-state index in [-0.39, 0.29) is 12.2 Å². The minimum Gasteiger partial charge on any atom is -0.466 e. The molecule has 0 heterocycles. The minimum absolute atomic E-state index is 0.00200. The van der Waals surface area contributed by atoms with Crippen molar-refractivity contribution in [2.24, 2.45) is 0 Å². The zero-order chi connectivity index (χ0) is 19.9. The standard InChI is InChI=1S/C22H21NO4/c1-4-27-21(25)22(15-23,18-13-9-6-10-14-18)19(16(2)20(24)26-3)17-11-7-5-8-12-17/h5-14,19H,2,4H2,1,3H3. The molecule has 0 amide bonds. The zero-order valence-electron chi connectivity index (χ0n) is 15.3. The topological polar surface area (TPSA) is 76.4 Å². The van der Waals surface area contributed by atoms with Gasteiger partial charge in [0.2, 0.25) is 0 Å². The predicted molar refractivity (Wildman–Crippen MR) is 101 cm³/mol. The molecule has 0 aliphatic rings. The number of carbonyl (C=O) groups is 2. The van der Waals surface area contributed by atoms with Crippen LogP contribution in [0.2, 0.25) is 0 Å². The summed E-state index contributed by atoms with van der Waals surface area (Å²) in [6, 6.07) is 19.5. The maximum atomic E-state index is 13.1. The molecule has 2 unspecified atom stereocenters. The molecule has 0 spiro atoms. The van der Waals surface area contributed by atoms with E-state index in [1.165, 1.54) is 7.11 Å². The number of esters is 2. The molecule has 0 N–H and O–H groups in total. The van der Waals surface area contributed by atoms with Crippen molar-refractivity contribution >= 4 is 11.9 Å². The van der Waals surface area contributed by atoms with Crippen LogP contribution in [0.4, 0.5) is 0 Å². The van der Waals surface area contributed by atoms with Crippen molar-refractivity contribution in [1.82, 2.24) is 0 Å². The van der Waals surface area contributed by atoms with Gasteiger partial charge in [-0.25, -0.2) is 9.59 Å². The van der Waals surface area contributed by atoms with E-state index in [1.54, 1.807) is 61.5 Å². The average molecular weight is 363 g/mol. The summed E-state index contributed by atoms with van der Waals surface area (Å²) in [6.07, 6.45) is 0. The van der Waals surface area contributed by atoms with E-state index in [2.05, 4.69) is 12.6 Å². The highest BCUT2D eigenvalue weighted by molar-refractivity contribution is 5.96. The highest BCUT2D eigenvalue weighted by Crippen LogP contribution is 2.44. The molecule has 0 aromatic heterocycles. The van der Waals surface area contributed by atoms with Gasteiger partial charge in [0.25, 0.3) is 0 Å². The van der Waals surface area contributed by atoms with Crippen molar-refractivity contribution in [3.8, 4) is 6.07 Å². The quantitative estimate of drug-likeness (QED) is 0.556. The lowest BCUT2D eigenvalue weighted by Crippen LogP contribution is -2.44. The number of methoxy groups -OCH3 is 1. The molecular formula is C22H21NO4. The maximum Gasteiger partial charge on any atom is 0.333 e. The van der Waals surface area contributed by atoms with Gasteiger partial charge in [0.1, 0.15) is 0 Å². The normalized spacial score (nSPS) is 13.5. The van der Waals surface area contributed by atoms with Crippen LogP contribution in [0.3, 0.4) is 0 Å². The number of hydrogen-bond acceptors (Lipinski definition) is 5. The van der Waals surface area contributed by atoms with Gasteiger partial charge in [-0.05, 0) is 18.1 Å². The fraction of sp³-hybridized carbons (Fsp3) is 0.227. The first-order valence-electron chi connectivity index (χ1n) is 8.49.